The van der Waals surface area contributed by atoms with Crippen molar-refractivity contribution in [3.63, 3.8) is 0 Å². The quantitative estimate of drug-likeness (QED) is 0.869. The molecule has 0 aromatic heterocycles. The van der Waals surface area contributed by atoms with E-state index >= 15 is 0 Å². The maximum Gasteiger partial charge on any atom is 0.419 e. The van der Waals surface area contributed by atoms with Crippen molar-refractivity contribution in [1.29, 1.82) is 0 Å². The molecule has 1 aliphatic rings. The molecule has 1 heterocycles. The molecule has 23 heavy (non-hydrogen) atoms. The lowest BCUT2D eigenvalue weighted by Gasteiger charge is -2.25. The molecular formula is C14H16F3N3O3. The van der Waals surface area contributed by atoms with E-state index in [1.807, 2.05) is 0 Å². The van der Waals surface area contributed by atoms with Crippen LogP contribution in [0, 0.1) is 0 Å². The maximum absolute atomic E-state index is 13.2. The van der Waals surface area contributed by atoms with Gasteiger partial charge in [0.05, 0.1) is 18.2 Å². The predicted octanol–water partition coefficient (Wildman–Crippen LogP) is 1.19. The van der Waals surface area contributed by atoms with Crippen LogP contribution in [0.3, 0.4) is 0 Å². The van der Waals surface area contributed by atoms with Gasteiger partial charge in [0.2, 0.25) is 0 Å². The number of benzene rings is 1. The Morgan fingerprint density at radius 3 is 2.74 bits per heavy atom. The van der Waals surface area contributed by atoms with Crippen LogP contribution >= 0.6 is 0 Å². The first kappa shape index (κ1) is 17.1. The molecule has 0 spiro atoms. The minimum atomic E-state index is -4.62. The summed E-state index contributed by atoms with van der Waals surface area (Å²) in [6.07, 6.45) is -5.51. The number of amides is 1. The minimum Gasteiger partial charge on any atom is -0.490 e. The molecule has 126 valence electrons. The van der Waals surface area contributed by atoms with Gasteiger partial charge in [-0.1, -0.05) is 0 Å². The zero-order valence-electron chi connectivity index (χ0n) is 12.5. The van der Waals surface area contributed by atoms with Gasteiger partial charge in [0.25, 0.3) is 5.91 Å². The van der Waals surface area contributed by atoms with E-state index < -0.39 is 17.8 Å². The SMILES string of the molecule is C[C@@H](O)COc1ccc(C2=NNC(=O)CN2C)cc1C(F)(F)F. The van der Waals surface area contributed by atoms with Crippen molar-refractivity contribution < 1.29 is 27.8 Å². The Labute approximate surface area is 130 Å². The third kappa shape index (κ3) is 4.13. The Kier molecular flexibility index (Phi) is 4.79. The second kappa shape index (κ2) is 6.45. The molecule has 0 fully saturated rings. The molecule has 6 nitrogen and oxygen atoms in total. The topological polar surface area (TPSA) is 74.2 Å². The summed E-state index contributed by atoms with van der Waals surface area (Å²) in [4.78, 5) is 12.6. The zero-order valence-corrected chi connectivity index (χ0v) is 12.5. The van der Waals surface area contributed by atoms with E-state index in [0.29, 0.717) is 0 Å². The van der Waals surface area contributed by atoms with Crippen LogP contribution < -0.4 is 10.2 Å². The van der Waals surface area contributed by atoms with E-state index in [-0.39, 0.29) is 36.2 Å². The van der Waals surface area contributed by atoms with Crippen molar-refractivity contribution in [2.24, 2.45) is 5.10 Å². The van der Waals surface area contributed by atoms with Crippen molar-refractivity contribution in [3.8, 4) is 5.75 Å². The van der Waals surface area contributed by atoms with Crippen molar-refractivity contribution in [1.82, 2.24) is 10.3 Å². The van der Waals surface area contributed by atoms with Crippen LogP contribution in [0.15, 0.2) is 23.3 Å². The van der Waals surface area contributed by atoms with Crippen LogP contribution in [0.4, 0.5) is 13.2 Å². The number of alkyl halides is 3. The van der Waals surface area contributed by atoms with Gasteiger partial charge < -0.3 is 14.7 Å². The first-order valence-corrected chi connectivity index (χ1v) is 6.78. The highest BCUT2D eigenvalue weighted by Gasteiger charge is 2.35. The number of amidine groups is 1. The first-order valence-electron chi connectivity index (χ1n) is 6.78. The van der Waals surface area contributed by atoms with E-state index in [4.69, 9.17) is 9.84 Å². The predicted molar refractivity (Wildman–Crippen MR) is 75.9 cm³/mol. The Morgan fingerprint density at radius 1 is 1.48 bits per heavy atom. The second-order valence-electron chi connectivity index (χ2n) is 5.20. The molecule has 0 radical (unpaired) electrons. The molecule has 0 unspecified atom stereocenters. The fourth-order valence-corrected chi connectivity index (χ4v) is 2.04. The lowest BCUT2D eigenvalue weighted by molar-refractivity contribution is -0.139. The van der Waals surface area contributed by atoms with Crippen LogP contribution in [0.5, 0.6) is 5.75 Å². The van der Waals surface area contributed by atoms with Crippen LogP contribution in [-0.4, -0.2) is 48.1 Å². The fraction of sp³-hybridized carbons (Fsp3) is 0.429. The van der Waals surface area contributed by atoms with Gasteiger partial charge in [-0.2, -0.15) is 18.3 Å². The lowest BCUT2D eigenvalue weighted by atomic mass is 10.1. The fourth-order valence-electron chi connectivity index (χ4n) is 2.04. The molecule has 9 heteroatoms. The highest BCUT2D eigenvalue weighted by Crippen LogP contribution is 2.37. The summed E-state index contributed by atoms with van der Waals surface area (Å²) in [6, 6.07) is 3.50. The van der Waals surface area contributed by atoms with Crippen LogP contribution in [0.25, 0.3) is 0 Å². The van der Waals surface area contributed by atoms with Gasteiger partial charge in [0.1, 0.15) is 12.4 Å². The Morgan fingerprint density at radius 2 is 2.17 bits per heavy atom. The summed E-state index contributed by atoms with van der Waals surface area (Å²) in [5, 5.41) is 12.9. The minimum absolute atomic E-state index is 0.000459. The maximum atomic E-state index is 13.2. The lowest BCUT2D eigenvalue weighted by Crippen LogP contribution is -2.43. The number of rotatable bonds is 4. The van der Waals surface area contributed by atoms with Crippen molar-refractivity contribution in [3.05, 3.63) is 29.3 Å². The molecule has 0 bridgehead atoms. The van der Waals surface area contributed by atoms with Crippen molar-refractivity contribution in [2.75, 3.05) is 20.2 Å². The van der Waals surface area contributed by atoms with Crippen LogP contribution in [-0.2, 0) is 11.0 Å². The average molecular weight is 331 g/mol. The molecule has 1 aromatic carbocycles. The van der Waals surface area contributed by atoms with Crippen LogP contribution in [0.2, 0.25) is 0 Å². The van der Waals surface area contributed by atoms with Crippen LogP contribution in [0.1, 0.15) is 18.1 Å². The number of hydrogen-bond donors (Lipinski definition) is 2. The van der Waals surface area contributed by atoms with Gasteiger partial charge in [-0.25, -0.2) is 5.43 Å². The number of aliphatic hydroxyl groups excluding tert-OH is 1. The van der Waals surface area contributed by atoms with Gasteiger partial charge >= 0.3 is 6.18 Å². The number of halogens is 3. The Balaban J connectivity index is 2.38. The summed E-state index contributed by atoms with van der Waals surface area (Å²) < 4.78 is 44.7. The zero-order chi connectivity index (χ0) is 17.2. The first-order chi connectivity index (χ1) is 10.7. The summed E-state index contributed by atoms with van der Waals surface area (Å²) in [7, 11) is 1.56. The second-order valence-corrected chi connectivity index (χ2v) is 5.20. The molecule has 1 aromatic rings. The van der Waals surface area contributed by atoms with Crippen molar-refractivity contribution in [2.45, 2.75) is 19.2 Å². The molecule has 2 N–H and O–H groups in total. The van der Waals surface area contributed by atoms with Crippen molar-refractivity contribution >= 4 is 11.7 Å². The average Bonchev–Trinajstić information content (AvgIpc) is 2.44. The van der Waals surface area contributed by atoms with E-state index in [1.165, 1.54) is 24.0 Å². The number of ether oxygens (including phenoxy) is 1. The molecule has 0 saturated heterocycles. The summed E-state index contributed by atoms with van der Waals surface area (Å²) >= 11 is 0. The third-order valence-corrected chi connectivity index (χ3v) is 3.05. The number of hydrazone groups is 1. The molecule has 0 aliphatic carbocycles. The number of hydrogen-bond acceptors (Lipinski definition) is 5. The van der Waals surface area contributed by atoms with E-state index in [0.717, 1.165) is 6.07 Å². The molecule has 0 saturated carbocycles. The number of carbonyl (C=O) groups excluding carboxylic acids is 1. The van der Waals surface area contributed by atoms with Gasteiger partial charge in [0, 0.05) is 12.6 Å². The summed E-state index contributed by atoms with van der Waals surface area (Å²) in [5.41, 5.74) is 1.47. The van der Waals surface area contributed by atoms with Gasteiger partial charge in [0.15, 0.2) is 5.84 Å². The summed E-state index contributed by atoms with van der Waals surface area (Å²) in [5.74, 6) is -0.494. The monoisotopic (exact) mass is 331 g/mol. The number of carbonyl (C=O) groups is 1. The number of nitrogens with one attached hydrogen (secondary N) is 1. The smallest absolute Gasteiger partial charge is 0.419 e. The van der Waals surface area contributed by atoms with Gasteiger partial charge in [-0.15, -0.1) is 0 Å². The molecular weight excluding hydrogens is 315 g/mol. The van der Waals surface area contributed by atoms with E-state index in [9.17, 15) is 18.0 Å². The Hall–Kier alpha value is -2.29. The summed E-state index contributed by atoms with van der Waals surface area (Å²) in [6.45, 7) is 1.16. The van der Waals surface area contributed by atoms with E-state index in [1.54, 1.807) is 7.05 Å². The van der Waals surface area contributed by atoms with E-state index in [2.05, 4.69) is 10.5 Å². The molecule has 1 amide bonds. The normalized spacial score (nSPS) is 16.7. The standard InChI is InChI=1S/C14H16F3N3O3/c1-8(21)7-23-11-4-3-9(5-10(11)14(15,16)17)13-19-18-12(22)6-20(13)2/h3-5,8,21H,6-7H2,1-2H3,(H,18,22)/t8-/m1/s1. The molecule has 1 atom stereocenters. The Bertz CT molecular complexity index is 629. The molecule has 1 aliphatic heterocycles. The largest absolute Gasteiger partial charge is 0.490 e. The highest BCUT2D eigenvalue weighted by atomic mass is 19.4. The third-order valence-electron chi connectivity index (χ3n) is 3.05. The number of likely N-dealkylation sites (N-methyl/N-ethyl adjacent to an activating group) is 1. The highest BCUT2D eigenvalue weighted by molar-refractivity contribution is 6.02. The number of aliphatic hydroxyl groups is 1. The molecule has 2 rings (SSSR count). The van der Waals surface area contributed by atoms with Gasteiger partial charge in [-0.3, -0.25) is 4.79 Å². The van der Waals surface area contributed by atoms with Gasteiger partial charge in [-0.05, 0) is 25.1 Å². The number of nitrogens with zero attached hydrogens (tertiary/aromatic N) is 2.